The summed E-state index contributed by atoms with van der Waals surface area (Å²) in [5.41, 5.74) is 3.26. The first-order valence-electron chi connectivity index (χ1n) is 11.4. The number of likely N-dealkylation sites (tertiary alicyclic amines) is 1. The van der Waals surface area contributed by atoms with Crippen molar-refractivity contribution in [3.63, 3.8) is 0 Å². The van der Waals surface area contributed by atoms with Crippen LogP contribution in [0.1, 0.15) is 39.9 Å². The number of rotatable bonds is 6. The Morgan fingerprint density at radius 2 is 1.85 bits per heavy atom. The second-order valence-electron chi connectivity index (χ2n) is 8.99. The molecule has 34 heavy (non-hydrogen) atoms. The topological polar surface area (TPSA) is 108 Å². The van der Waals surface area contributed by atoms with Crippen molar-refractivity contribution in [2.75, 3.05) is 13.1 Å². The van der Waals surface area contributed by atoms with Gasteiger partial charge in [0.25, 0.3) is 5.91 Å². The van der Waals surface area contributed by atoms with E-state index in [2.05, 4.69) is 27.7 Å². The molecule has 0 radical (unpaired) electrons. The van der Waals surface area contributed by atoms with Crippen LogP contribution >= 0.6 is 0 Å². The fourth-order valence-corrected chi connectivity index (χ4v) is 4.68. The van der Waals surface area contributed by atoms with Gasteiger partial charge in [-0.2, -0.15) is 0 Å². The van der Waals surface area contributed by atoms with E-state index in [1.165, 1.54) is 10.5 Å². The largest absolute Gasteiger partial charge is 0.445 e. The Morgan fingerprint density at radius 3 is 2.62 bits per heavy atom. The standard InChI is InChI=1S/C25H26N4O5/c30-22-9-8-21(23(31)27-22)29-12-18-7-6-17(10-20(18)24(29)32)15-34-25(33)26-19-13-28(14-19)11-16-4-2-1-3-5-16/h1-7,10,19,21H,8-9,11-15H2,(H,26,33)(H,27,30,31). The molecule has 0 spiro atoms. The highest BCUT2D eigenvalue weighted by atomic mass is 16.5. The molecule has 2 N–H and O–H groups in total. The molecular formula is C25H26N4O5. The number of hydrogen-bond donors (Lipinski definition) is 2. The Bertz CT molecular complexity index is 1130. The van der Waals surface area contributed by atoms with Crippen LogP contribution in [-0.2, 0) is 34.0 Å². The Balaban J connectivity index is 1.09. The second kappa shape index (κ2) is 9.26. The van der Waals surface area contributed by atoms with Crippen molar-refractivity contribution < 1.29 is 23.9 Å². The highest BCUT2D eigenvalue weighted by molar-refractivity contribution is 6.05. The van der Waals surface area contributed by atoms with Gasteiger partial charge in [-0.15, -0.1) is 0 Å². The molecule has 2 aromatic rings. The molecule has 176 valence electrons. The van der Waals surface area contributed by atoms with Crippen molar-refractivity contribution in [3.05, 3.63) is 70.8 Å². The average molecular weight is 463 g/mol. The number of carbonyl (C=O) groups is 4. The summed E-state index contributed by atoms with van der Waals surface area (Å²) in [5, 5.41) is 5.17. The van der Waals surface area contributed by atoms with Crippen LogP contribution < -0.4 is 10.6 Å². The monoisotopic (exact) mass is 462 g/mol. The van der Waals surface area contributed by atoms with E-state index < -0.39 is 18.0 Å². The summed E-state index contributed by atoms with van der Waals surface area (Å²) in [6, 6.07) is 14.9. The summed E-state index contributed by atoms with van der Waals surface area (Å²) >= 11 is 0. The highest BCUT2D eigenvalue weighted by Gasteiger charge is 2.39. The van der Waals surface area contributed by atoms with Crippen molar-refractivity contribution in [1.29, 1.82) is 0 Å². The lowest BCUT2D eigenvalue weighted by molar-refractivity contribution is -0.136. The predicted molar refractivity (Wildman–Crippen MR) is 121 cm³/mol. The van der Waals surface area contributed by atoms with Crippen molar-refractivity contribution >= 4 is 23.8 Å². The summed E-state index contributed by atoms with van der Waals surface area (Å²) in [7, 11) is 0. The molecule has 0 bridgehead atoms. The second-order valence-corrected chi connectivity index (χ2v) is 8.99. The van der Waals surface area contributed by atoms with Gasteiger partial charge >= 0.3 is 6.09 Å². The van der Waals surface area contributed by atoms with Gasteiger partial charge < -0.3 is 15.0 Å². The van der Waals surface area contributed by atoms with Gasteiger partial charge in [-0.05, 0) is 29.2 Å². The minimum absolute atomic E-state index is 0.0469. The number of ether oxygens (including phenoxy) is 1. The number of nitrogens with one attached hydrogen (secondary N) is 2. The SMILES string of the molecule is O=C1CCC(N2Cc3ccc(COC(=O)NC4CN(Cc5ccccc5)C4)cc3C2=O)C(=O)N1. The molecule has 2 saturated heterocycles. The molecule has 9 heteroatoms. The maximum atomic E-state index is 12.9. The first-order valence-corrected chi connectivity index (χ1v) is 11.4. The number of nitrogens with zero attached hydrogens (tertiary/aromatic N) is 2. The third kappa shape index (κ3) is 4.65. The molecule has 3 aliphatic heterocycles. The molecule has 0 aromatic heterocycles. The minimum atomic E-state index is -0.646. The molecule has 9 nitrogen and oxygen atoms in total. The average Bonchev–Trinajstić information content (AvgIpc) is 3.12. The molecule has 3 heterocycles. The lowest BCUT2D eigenvalue weighted by Gasteiger charge is -2.39. The zero-order valence-corrected chi connectivity index (χ0v) is 18.7. The third-order valence-corrected chi connectivity index (χ3v) is 6.49. The number of fused-ring (bicyclic) bond motifs is 1. The van der Waals surface area contributed by atoms with Gasteiger partial charge in [-0.25, -0.2) is 4.79 Å². The van der Waals surface area contributed by atoms with E-state index >= 15 is 0 Å². The first-order chi connectivity index (χ1) is 16.5. The Labute approximate surface area is 197 Å². The first kappa shape index (κ1) is 22.1. The Morgan fingerprint density at radius 1 is 1.06 bits per heavy atom. The van der Waals surface area contributed by atoms with Crippen LogP contribution in [0.5, 0.6) is 0 Å². The van der Waals surface area contributed by atoms with Gasteiger partial charge in [0.05, 0.1) is 6.04 Å². The maximum Gasteiger partial charge on any atom is 0.407 e. The highest BCUT2D eigenvalue weighted by Crippen LogP contribution is 2.28. The van der Waals surface area contributed by atoms with Gasteiger partial charge in [0, 0.05) is 38.2 Å². The van der Waals surface area contributed by atoms with Gasteiger partial charge in [0.2, 0.25) is 11.8 Å². The number of amides is 4. The zero-order chi connectivity index (χ0) is 23.7. The molecule has 1 atom stereocenters. The van der Waals surface area contributed by atoms with E-state index in [0.717, 1.165) is 25.2 Å². The van der Waals surface area contributed by atoms with Crippen LogP contribution in [0.2, 0.25) is 0 Å². The van der Waals surface area contributed by atoms with Crippen LogP contribution in [-0.4, -0.2) is 58.8 Å². The summed E-state index contributed by atoms with van der Waals surface area (Å²) in [6.45, 7) is 2.77. The number of piperidine rings is 1. The maximum absolute atomic E-state index is 12.9. The van der Waals surface area contributed by atoms with E-state index in [0.29, 0.717) is 24.1 Å². The molecule has 0 saturated carbocycles. The van der Waals surface area contributed by atoms with Gasteiger partial charge in [0.15, 0.2) is 0 Å². The van der Waals surface area contributed by atoms with Crippen molar-refractivity contribution in [3.8, 4) is 0 Å². The summed E-state index contributed by atoms with van der Waals surface area (Å²) in [5.74, 6) is -0.992. The van der Waals surface area contributed by atoms with Crippen LogP contribution in [0.25, 0.3) is 0 Å². The van der Waals surface area contributed by atoms with E-state index in [1.54, 1.807) is 6.07 Å². The minimum Gasteiger partial charge on any atom is -0.445 e. The Hall–Kier alpha value is -3.72. The van der Waals surface area contributed by atoms with Crippen molar-refractivity contribution in [2.24, 2.45) is 0 Å². The fourth-order valence-electron chi connectivity index (χ4n) is 4.68. The molecule has 3 aliphatic rings. The van der Waals surface area contributed by atoms with Crippen LogP contribution in [0.15, 0.2) is 48.5 Å². The quantitative estimate of drug-likeness (QED) is 0.631. The van der Waals surface area contributed by atoms with Crippen LogP contribution in [0.3, 0.4) is 0 Å². The Kier molecular flexibility index (Phi) is 6.02. The molecule has 5 rings (SSSR count). The van der Waals surface area contributed by atoms with Crippen LogP contribution in [0, 0.1) is 0 Å². The van der Waals surface area contributed by atoms with E-state index in [9.17, 15) is 19.2 Å². The van der Waals surface area contributed by atoms with E-state index in [1.807, 2.05) is 30.3 Å². The van der Waals surface area contributed by atoms with Gasteiger partial charge in [-0.1, -0.05) is 42.5 Å². The molecule has 1 unspecified atom stereocenters. The normalized spacial score (nSPS) is 20.5. The van der Waals surface area contributed by atoms with E-state index in [4.69, 9.17) is 4.74 Å². The van der Waals surface area contributed by atoms with Gasteiger partial charge in [-0.3, -0.25) is 24.6 Å². The third-order valence-electron chi connectivity index (χ3n) is 6.49. The van der Waals surface area contributed by atoms with Crippen molar-refractivity contribution in [1.82, 2.24) is 20.4 Å². The van der Waals surface area contributed by atoms with Crippen molar-refractivity contribution in [2.45, 2.75) is 44.6 Å². The van der Waals surface area contributed by atoms with Crippen LogP contribution in [0.4, 0.5) is 4.79 Å². The summed E-state index contributed by atoms with van der Waals surface area (Å²) in [4.78, 5) is 52.4. The number of carbonyl (C=O) groups excluding carboxylic acids is 4. The molecule has 4 amide bonds. The van der Waals surface area contributed by atoms with E-state index in [-0.39, 0.29) is 30.9 Å². The predicted octanol–water partition coefficient (Wildman–Crippen LogP) is 1.56. The molecule has 2 aromatic carbocycles. The molecule has 2 fully saturated rings. The lowest BCUT2D eigenvalue weighted by Crippen LogP contribution is -2.58. The number of hydrogen-bond acceptors (Lipinski definition) is 6. The number of alkyl carbamates (subject to hydrolysis) is 1. The lowest BCUT2D eigenvalue weighted by atomic mass is 10.0. The number of benzene rings is 2. The fraction of sp³-hybridized carbons (Fsp3) is 0.360. The smallest absolute Gasteiger partial charge is 0.407 e. The summed E-state index contributed by atoms with van der Waals surface area (Å²) < 4.78 is 5.36. The molecule has 0 aliphatic carbocycles. The number of imide groups is 1. The van der Waals surface area contributed by atoms with Gasteiger partial charge in [0.1, 0.15) is 12.6 Å². The molecular weight excluding hydrogens is 436 g/mol. The summed E-state index contributed by atoms with van der Waals surface area (Å²) in [6.07, 6.45) is 0.0570. The zero-order valence-electron chi connectivity index (χ0n) is 18.7.